The molecular formula is C21H28N6O3. The first-order chi connectivity index (χ1) is 14.7. The van der Waals surface area contributed by atoms with Gasteiger partial charge in [-0.3, -0.25) is 9.20 Å². The highest BCUT2D eigenvalue weighted by atomic mass is 16.5. The van der Waals surface area contributed by atoms with E-state index in [4.69, 9.17) is 14.5 Å². The third-order valence-corrected chi connectivity index (χ3v) is 5.16. The Morgan fingerprint density at radius 3 is 2.83 bits per heavy atom. The molecule has 1 amide bonds. The second-order valence-electron chi connectivity index (χ2n) is 7.56. The first-order valence-electron chi connectivity index (χ1n) is 10.5. The number of benzene rings is 1. The van der Waals surface area contributed by atoms with E-state index in [9.17, 15) is 4.79 Å². The zero-order valence-electron chi connectivity index (χ0n) is 17.5. The number of methoxy groups -OCH3 is 1. The van der Waals surface area contributed by atoms with Gasteiger partial charge in [-0.1, -0.05) is 0 Å². The third kappa shape index (κ3) is 4.62. The second kappa shape index (κ2) is 9.25. The van der Waals surface area contributed by atoms with Crippen LogP contribution in [0.25, 0.3) is 16.7 Å². The Balaban J connectivity index is 1.43. The van der Waals surface area contributed by atoms with Crippen LogP contribution in [0.3, 0.4) is 0 Å². The minimum atomic E-state index is 0.198. The lowest BCUT2D eigenvalue weighted by Gasteiger charge is -2.11. The number of aryl methyl sites for hydroxylation is 1. The van der Waals surface area contributed by atoms with Crippen LogP contribution < -0.4 is 15.4 Å². The minimum absolute atomic E-state index is 0.198. The van der Waals surface area contributed by atoms with Crippen molar-refractivity contribution >= 4 is 28.4 Å². The first-order valence-corrected chi connectivity index (χ1v) is 10.5. The summed E-state index contributed by atoms with van der Waals surface area (Å²) in [7, 11) is 1.65. The molecule has 0 bridgehead atoms. The Labute approximate surface area is 175 Å². The molecule has 9 nitrogen and oxygen atoms in total. The zero-order chi connectivity index (χ0) is 20.9. The number of anilines is 1. The number of carbonyl (C=O) groups is 1. The van der Waals surface area contributed by atoms with Crippen LogP contribution in [0, 0.1) is 12.8 Å². The molecule has 160 valence electrons. The van der Waals surface area contributed by atoms with E-state index in [2.05, 4.69) is 20.8 Å². The van der Waals surface area contributed by atoms with Gasteiger partial charge in [-0.2, -0.15) is 0 Å². The number of nitrogens with zero attached hydrogens (tertiary/aromatic N) is 4. The summed E-state index contributed by atoms with van der Waals surface area (Å²) < 4.78 is 12.8. The SMILES string of the molecule is COCCOc1ccc2c(c1)nc(NCCCCNC(=O)C1CC1)c1nnc(C)n12. The zero-order valence-corrected chi connectivity index (χ0v) is 17.5. The van der Waals surface area contributed by atoms with E-state index in [0.29, 0.717) is 31.2 Å². The number of aromatic nitrogens is 4. The predicted molar refractivity (Wildman–Crippen MR) is 114 cm³/mol. The van der Waals surface area contributed by atoms with Crippen molar-refractivity contribution in [2.75, 3.05) is 38.7 Å². The Bertz CT molecular complexity index is 1030. The van der Waals surface area contributed by atoms with Crippen molar-refractivity contribution < 1.29 is 14.3 Å². The largest absolute Gasteiger partial charge is 0.491 e. The molecule has 0 atom stereocenters. The van der Waals surface area contributed by atoms with Crippen LogP contribution in [0.15, 0.2) is 18.2 Å². The van der Waals surface area contributed by atoms with Crippen LogP contribution in [0.1, 0.15) is 31.5 Å². The number of unbranched alkanes of at least 4 members (excludes halogenated alkanes) is 1. The molecular weight excluding hydrogens is 384 g/mol. The van der Waals surface area contributed by atoms with Gasteiger partial charge in [0.15, 0.2) is 5.82 Å². The molecule has 0 aliphatic heterocycles. The van der Waals surface area contributed by atoms with Crippen LogP contribution in [0.2, 0.25) is 0 Å². The van der Waals surface area contributed by atoms with Crippen LogP contribution in [-0.2, 0) is 9.53 Å². The van der Waals surface area contributed by atoms with Gasteiger partial charge < -0.3 is 20.1 Å². The molecule has 1 fully saturated rings. The summed E-state index contributed by atoms with van der Waals surface area (Å²) in [5, 5.41) is 14.9. The fourth-order valence-electron chi connectivity index (χ4n) is 3.37. The van der Waals surface area contributed by atoms with E-state index in [1.165, 1.54) is 0 Å². The van der Waals surface area contributed by atoms with E-state index in [-0.39, 0.29) is 11.8 Å². The highest BCUT2D eigenvalue weighted by Gasteiger charge is 2.28. The molecule has 1 saturated carbocycles. The quantitative estimate of drug-likeness (QED) is 0.466. The molecule has 2 N–H and O–H groups in total. The molecule has 30 heavy (non-hydrogen) atoms. The number of rotatable bonds is 11. The molecule has 1 aromatic carbocycles. The Morgan fingerprint density at radius 2 is 2.03 bits per heavy atom. The topological polar surface area (TPSA) is 103 Å². The number of carbonyl (C=O) groups excluding carboxylic acids is 1. The monoisotopic (exact) mass is 412 g/mol. The van der Waals surface area contributed by atoms with Crippen molar-refractivity contribution in [3.05, 3.63) is 24.0 Å². The average molecular weight is 412 g/mol. The summed E-state index contributed by atoms with van der Waals surface area (Å²) >= 11 is 0. The molecule has 2 heterocycles. The van der Waals surface area contributed by atoms with Crippen LogP contribution >= 0.6 is 0 Å². The molecule has 2 aromatic heterocycles. The summed E-state index contributed by atoms with van der Waals surface area (Å²) in [6.07, 6.45) is 3.91. The molecule has 1 aliphatic rings. The number of amides is 1. The van der Waals surface area contributed by atoms with Crippen LogP contribution in [0.4, 0.5) is 5.82 Å². The molecule has 9 heteroatoms. The Hall–Kier alpha value is -2.94. The predicted octanol–water partition coefficient (Wildman–Crippen LogP) is 2.33. The molecule has 0 spiro atoms. The van der Waals surface area contributed by atoms with Crippen molar-refractivity contribution in [3.8, 4) is 5.75 Å². The number of hydrogen-bond donors (Lipinski definition) is 2. The molecule has 4 rings (SSSR count). The second-order valence-corrected chi connectivity index (χ2v) is 7.56. The Morgan fingerprint density at radius 1 is 1.20 bits per heavy atom. The van der Waals surface area contributed by atoms with Gasteiger partial charge in [0.25, 0.3) is 0 Å². The summed E-state index contributed by atoms with van der Waals surface area (Å²) in [5.41, 5.74) is 2.44. The van der Waals surface area contributed by atoms with Gasteiger partial charge in [0.1, 0.15) is 18.2 Å². The lowest BCUT2D eigenvalue weighted by Crippen LogP contribution is -2.26. The number of fused-ring (bicyclic) bond motifs is 3. The normalized spacial score (nSPS) is 13.7. The number of nitrogens with one attached hydrogen (secondary N) is 2. The van der Waals surface area contributed by atoms with Crippen molar-refractivity contribution in [1.82, 2.24) is 24.9 Å². The van der Waals surface area contributed by atoms with E-state index in [0.717, 1.165) is 54.8 Å². The highest BCUT2D eigenvalue weighted by molar-refractivity contribution is 5.84. The van der Waals surface area contributed by atoms with E-state index in [1.807, 2.05) is 29.5 Å². The van der Waals surface area contributed by atoms with Gasteiger partial charge in [-0.05, 0) is 44.7 Å². The fourth-order valence-corrected chi connectivity index (χ4v) is 3.37. The molecule has 3 aromatic rings. The van der Waals surface area contributed by atoms with E-state index >= 15 is 0 Å². The minimum Gasteiger partial charge on any atom is -0.491 e. The van der Waals surface area contributed by atoms with E-state index < -0.39 is 0 Å². The van der Waals surface area contributed by atoms with Gasteiger partial charge >= 0.3 is 0 Å². The van der Waals surface area contributed by atoms with Crippen molar-refractivity contribution in [1.29, 1.82) is 0 Å². The fraction of sp³-hybridized carbons (Fsp3) is 0.524. The molecule has 0 unspecified atom stereocenters. The van der Waals surface area contributed by atoms with Gasteiger partial charge in [0.2, 0.25) is 11.6 Å². The Kier molecular flexibility index (Phi) is 6.27. The van der Waals surface area contributed by atoms with E-state index in [1.54, 1.807) is 7.11 Å². The standard InChI is InChI=1S/C21H28N6O3/c1-14-25-26-20-19(22-9-3-4-10-23-21(28)15-5-6-15)24-17-13-16(30-12-11-29-2)7-8-18(17)27(14)20/h7-8,13,15H,3-6,9-12H2,1-2H3,(H,22,24)(H,23,28). The van der Waals surface area contributed by atoms with Gasteiger partial charge in [-0.15, -0.1) is 10.2 Å². The maximum absolute atomic E-state index is 11.7. The molecule has 0 saturated heterocycles. The van der Waals surface area contributed by atoms with Crippen molar-refractivity contribution in [3.63, 3.8) is 0 Å². The number of hydrogen-bond acceptors (Lipinski definition) is 7. The van der Waals surface area contributed by atoms with Gasteiger partial charge in [0, 0.05) is 32.2 Å². The average Bonchev–Trinajstić information content (AvgIpc) is 3.53. The maximum atomic E-state index is 11.7. The van der Waals surface area contributed by atoms with Crippen LogP contribution in [0.5, 0.6) is 5.75 Å². The van der Waals surface area contributed by atoms with Gasteiger partial charge in [-0.25, -0.2) is 4.98 Å². The summed E-state index contributed by atoms with van der Waals surface area (Å²) in [5.74, 6) is 2.70. The summed E-state index contributed by atoms with van der Waals surface area (Å²) in [6, 6.07) is 5.81. The van der Waals surface area contributed by atoms with Crippen molar-refractivity contribution in [2.45, 2.75) is 32.6 Å². The van der Waals surface area contributed by atoms with Gasteiger partial charge in [0.05, 0.1) is 17.6 Å². The maximum Gasteiger partial charge on any atom is 0.223 e. The van der Waals surface area contributed by atoms with Crippen LogP contribution in [-0.4, -0.2) is 58.9 Å². The smallest absolute Gasteiger partial charge is 0.223 e. The highest BCUT2D eigenvalue weighted by Crippen LogP contribution is 2.28. The lowest BCUT2D eigenvalue weighted by molar-refractivity contribution is -0.122. The summed E-state index contributed by atoms with van der Waals surface area (Å²) in [6.45, 7) is 4.39. The molecule has 1 aliphatic carbocycles. The first kappa shape index (κ1) is 20.3. The molecule has 0 radical (unpaired) electrons. The van der Waals surface area contributed by atoms with Crippen molar-refractivity contribution in [2.24, 2.45) is 5.92 Å². The number of ether oxygens (including phenoxy) is 2. The lowest BCUT2D eigenvalue weighted by atomic mass is 10.2. The third-order valence-electron chi connectivity index (χ3n) is 5.16. The summed E-state index contributed by atoms with van der Waals surface area (Å²) in [4.78, 5) is 16.4.